The predicted octanol–water partition coefficient (Wildman–Crippen LogP) is 1.85. The summed E-state index contributed by atoms with van der Waals surface area (Å²) in [6.45, 7) is 3.95. The van der Waals surface area contributed by atoms with Crippen molar-refractivity contribution in [1.82, 2.24) is 9.21 Å². The standard InChI is InChI=1S/C15H21FN2O2S/c1-11-7-13(16)4-6-15(11)21(19,20)18-9-12-3-5-14(18)10-17(2)8-12/h4,6-7,12,14H,3,5,8-10H2,1-2H3/t12-,14+/m0/s1. The summed E-state index contributed by atoms with van der Waals surface area (Å²) in [5.74, 6) is -0.00662. The molecule has 3 saturated heterocycles. The van der Waals surface area contributed by atoms with Crippen LogP contribution in [0.25, 0.3) is 0 Å². The molecule has 1 aromatic carbocycles. The molecule has 3 fully saturated rings. The predicted molar refractivity (Wildman–Crippen MR) is 79.0 cm³/mol. The summed E-state index contributed by atoms with van der Waals surface area (Å²) in [4.78, 5) is 2.45. The van der Waals surface area contributed by atoms with Gasteiger partial charge in [0, 0.05) is 25.7 Å². The Bertz CT molecular complexity index is 647. The zero-order chi connectivity index (χ0) is 15.2. The lowest BCUT2D eigenvalue weighted by Crippen LogP contribution is -2.47. The van der Waals surface area contributed by atoms with Crippen molar-refractivity contribution in [2.24, 2.45) is 5.92 Å². The molecule has 0 N–H and O–H groups in total. The maximum atomic E-state index is 13.2. The molecule has 0 amide bonds. The summed E-state index contributed by atoms with van der Waals surface area (Å²) >= 11 is 0. The lowest BCUT2D eigenvalue weighted by molar-refractivity contribution is 0.229. The van der Waals surface area contributed by atoms with Gasteiger partial charge in [-0.1, -0.05) is 0 Å². The lowest BCUT2D eigenvalue weighted by Gasteiger charge is -2.35. The van der Waals surface area contributed by atoms with Crippen molar-refractivity contribution in [3.05, 3.63) is 29.6 Å². The van der Waals surface area contributed by atoms with Crippen LogP contribution in [0, 0.1) is 18.7 Å². The molecule has 1 aromatic rings. The molecule has 6 heteroatoms. The molecule has 4 rings (SSSR count). The van der Waals surface area contributed by atoms with Crippen LogP contribution >= 0.6 is 0 Å². The number of halogens is 1. The fraction of sp³-hybridized carbons (Fsp3) is 0.600. The first kappa shape index (κ1) is 14.9. The van der Waals surface area contributed by atoms with E-state index >= 15 is 0 Å². The molecule has 2 atom stereocenters. The third kappa shape index (κ3) is 2.72. The van der Waals surface area contributed by atoms with E-state index in [1.807, 2.05) is 7.05 Å². The van der Waals surface area contributed by atoms with E-state index < -0.39 is 15.8 Å². The SMILES string of the molecule is Cc1cc(F)ccc1S(=O)(=O)N1C[C@H]2CC[C@@H]1CN(C)C2. The topological polar surface area (TPSA) is 40.6 Å². The van der Waals surface area contributed by atoms with E-state index in [0.29, 0.717) is 18.0 Å². The Labute approximate surface area is 125 Å². The summed E-state index contributed by atoms with van der Waals surface area (Å²) < 4.78 is 40.8. The maximum Gasteiger partial charge on any atom is 0.243 e. The summed E-state index contributed by atoms with van der Waals surface area (Å²) in [5, 5.41) is 0. The van der Waals surface area contributed by atoms with Crippen LogP contribution in [0.2, 0.25) is 0 Å². The van der Waals surface area contributed by atoms with Gasteiger partial charge in [-0.25, -0.2) is 12.8 Å². The zero-order valence-corrected chi connectivity index (χ0v) is 13.2. The van der Waals surface area contributed by atoms with Crippen LogP contribution in [-0.2, 0) is 10.0 Å². The van der Waals surface area contributed by atoms with Gasteiger partial charge in [-0.05, 0) is 56.5 Å². The molecule has 0 unspecified atom stereocenters. The molecule has 0 aliphatic carbocycles. The van der Waals surface area contributed by atoms with Crippen LogP contribution in [-0.4, -0.2) is 50.3 Å². The zero-order valence-electron chi connectivity index (χ0n) is 12.4. The van der Waals surface area contributed by atoms with E-state index in [4.69, 9.17) is 0 Å². The van der Waals surface area contributed by atoms with Gasteiger partial charge in [-0.15, -0.1) is 0 Å². The van der Waals surface area contributed by atoms with Crippen molar-refractivity contribution in [3.63, 3.8) is 0 Å². The van der Waals surface area contributed by atoms with Crippen LogP contribution in [0.4, 0.5) is 4.39 Å². The maximum absolute atomic E-state index is 13.2. The Hall–Kier alpha value is -0.980. The number of hydrogen-bond acceptors (Lipinski definition) is 3. The largest absolute Gasteiger partial charge is 0.304 e. The molecule has 21 heavy (non-hydrogen) atoms. The van der Waals surface area contributed by atoms with Crippen LogP contribution < -0.4 is 0 Å². The first-order valence-electron chi connectivity index (χ1n) is 7.34. The minimum absolute atomic E-state index is 0.0307. The van der Waals surface area contributed by atoms with Gasteiger partial charge in [-0.3, -0.25) is 0 Å². The first-order valence-corrected chi connectivity index (χ1v) is 8.78. The quantitative estimate of drug-likeness (QED) is 0.837. The van der Waals surface area contributed by atoms with Gasteiger partial charge in [0.25, 0.3) is 0 Å². The highest BCUT2D eigenvalue weighted by Crippen LogP contribution is 2.32. The number of nitrogens with zero attached hydrogens (tertiary/aromatic N) is 2. The molecule has 0 aromatic heterocycles. The summed E-state index contributed by atoms with van der Waals surface area (Å²) in [6, 6.07) is 3.93. The molecule has 2 bridgehead atoms. The third-order valence-corrected chi connectivity index (χ3v) is 6.65. The van der Waals surface area contributed by atoms with Crippen molar-refractivity contribution < 1.29 is 12.8 Å². The van der Waals surface area contributed by atoms with E-state index in [9.17, 15) is 12.8 Å². The van der Waals surface area contributed by atoms with E-state index in [1.165, 1.54) is 18.2 Å². The van der Waals surface area contributed by atoms with Crippen molar-refractivity contribution in [2.75, 3.05) is 26.7 Å². The van der Waals surface area contributed by atoms with Crippen molar-refractivity contribution in [3.8, 4) is 0 Å². The Morgan fingerprint density at radius 1 is 1.19 bits per heavy atom. The number of likely N-dealkylation sites (N-methyl/N-ethyl adjacent to an activating group) is 1. The Morgan fingerprint density at radius 2 is 1.95 bits per heavy atom. The van der Waals surface area contributed by atoms with E-state index in [-0.39, 0.29) is 10.9 Å². The second kappa shape index (κ2) is 5.34. The van der Waals surface area contributed by atoms with Gasteiger partial charge in [0.15, 0.2) is 0 Å². The highest BCUT2D eigenvalue weighted by Gasteiger charge is 2.40. The monoisotopic (exact) mass is 312 g/mol. The van der Waals surface area contributed by atoms with Crippen LogP contribution in [0.3, 0.4) is 0 Å². The lowest BCUT2D eigenvalue weighted by atomic mass is 9.97. The fourth-order valence-electron chi connectivity index (χ4n) is 3.60. The van der Waals surface area contributed by atoms with Gasteiger partial charge in [-0.2, -0.15) is 4.31 Å². The molecule has 0 spiro atoms. The van der Waals surface area contributed by atoms with Crippen LogP contribution in [0.15, 0.2) is 23.1 Å². The molecule has 0 saturated carbocycles. The minimum Gasteiger partial charge on any atom is -0.304 e. The molecule has 3 aliphatic heterocycles. The van der Waals surface area contributed by atoms with Crippen molar-refractivity contribution in [2.45, 2.75) is 30.7 Å². The van der Waals surface area contributed by atoms with E-state index in [0.717, 1.165) is 25.9 Å². The second-order valence-corrected chi connectivity index (χ2v) is 8.16. The minimum atomic E-state index is -3.55. The molecular formula is C15H21FN2O2S. The fourth-order valence-corrected chi connectivity index (χ4v) is 5.53. The molecular weight excluding hydrogens is 291 g/mol. The first-order chi connectivity index (χ1) is 9.88. The number of benzene rings is 1. The second-order valence-electron chi connectivity index (χ2n) is 6.30. The molecule has 4 nitrogen and oxygen atoms in total. The Kier molecular flexibility index (Phi) is 3.80. The molecule has 116 valence electrons. The van der Waals surface area contributed by atoms with Crippen molar-refractivity contribution in [1.29, 1.82) is 0 Å². The van der Waals surface area contributed by atoms with E-state index in [1.54, 1.807) is 11.2 Å². The number of hydrogen-bond donors (Lipinski definition) is 0. The highest BCUT2D eigenvalue weighted by atomic mass is 32.2. The number of piperidine rings is 1. The molecule has 3 heterocycles. The number of fused-ring (bicyclic) bond motifs is 4. The van der Waals surface area contributed by atoms with Crippen molar-refractivity contribution >= 4 is 10.0 Å². The average molecular weight is 312 g/mol. The van der Waals surface area contributed by atoms with Gasteiger partial charge in [0.05, 0.1) is 4.90 Å². The summed E-state index contributed by atoms with van der Waals surface area (Å²) in [6.07, 6.45) is 2.00. The highest BCUT2D eigenvalue weighted by molar-refractivity contribution is 7.89. The van der Waals surface area contributed by atoms with Gasteiger partial charge in [0.2, 0.25) is 10.0 Å². The van der Waals surface area contributed by atoms with Gasteiger partial charge in [0.1, 0.15) is 5.82 Å². The molecule has 3 aliphatic rings. The summed E-state index contributed by atoms with van der Waals surface area (Å²) in [7, 11) is -1.50. The third-order valence-electron chi connectivity index (χ3n) is 4.57. The Morgan fingerprint density at radius 3 is 2.67 bits per heavy atom. The molecule has 0 radical (unpaired) electrons. The normalized spacial score (nSPS) is 27.8. The number of aryl methyl sites for hydroxylation is 1. The van der Waals surface area contributed by atoms with Crippen LogP contribution in [0.1, 0.15) is 18.4 Å². The average Bonchev–Trinajstić information content (AvgIpc) is 2.66. The number of sulfonamides is 1. The van der Waals surface area contributed by atoms with E-state index in [2.05, 4.69) is 4.90 Å². The van der Waals surface area contributed by atoms with Gasteiger partial charge < -0.3 is 4.90 Å². The summed E-state index contributed by atoms with van der Waals surface area (Å²) in [5.41, 5.74) is 0.475. The smallest absolute Gasteiger partial charge is 0.243 e. The number of rotatable bonds is 2. The van der Waals surface area contributed by atoms with Crippen LogP contribution in [0.5, 0.6) is 0 Å². The Balaban J connectivity index is 1.98. The van der Waals surface area contributed by atoms with Gasteiger partial charge >= 0.3 is 0 Å².